The van der Waals surface area contributed by atoms with Crippen LogP contribution in [0.2, 0.25) is 0 Å². The second-order valence-electron chi connectivity index (χ2n) is 12.8. The van der Waals surface area contributed by atoms with Crippen LogP contribution in [0.15, 0.2) is 59.1 Å². The summed E-state index contributed by atoms with van der Waals surface area (Å²) in [6, 6.07) is 13.1. The first kappa shape index (κ1) is 34.8. The van der Waals surface area contributed by atoms with Gasteiger partial charge in [0, 0.05) is 43.6 Å². The van der Waals surface area contributed by atoms with Crippen molar-refractivity contribution in [2.45, 2.75) is 70.0 Å². The molecule has 2 amide bonds. The van der Waals surface area contributed by atoms with Gasteiger partial charge in [-0.05, 0) is 56.4 Å². The summed E-state index contributed by atoms with van der Waals surface area (Å²) >= 11 is 0. The van der Waals surface area contributed by atoms with Crippen LogP contribution in [-0.2, 0) is 35.4 Å². The van der Waals surface area contributed by atoms with E-state index in [0.717, 1.165) is 17.7 Å². The standard InChI is InChI=1S/C34H46N4O8S/c1-6-37(5)22(4)31-26-17-24(12-13-27(26)35-32(31)40)47(42,43)38(18-21(2)3)19-29(39)28(16-23-10-8-7-9-11-23)36-34(41)46-30-20-45-33-25(30)14-15-44-33/h7-13,17,21,25,28-30,33,39H,6,14-16,18-20H2,1-5H3,(H,35,40)(H,36,41)/b31-22-/t25?,28-,29+,30-,33?/m0/s1. The number of nitrogens with zero attached hydrogens (tertiary/aromatic N) is 2. The van der Waals surface area contributed by atoms with E-state index in [1.807, 2.05) is 70.0 Å². The summed E-state index contributed by atoms with van der Waals surface area (Å²) in [6.45, 7) is 8.87. The smallest absolute Gasteiger partial charge is 0.407 e. The zero-order valence-corrected chi connectivity index (χ0v) is 28.5. The topological polar surface area (TPSA) is 147 Å². The van der Waals surface area contributed by atoms with E-state index in [9.17, 15) is 23.1 Å². The zero-order valence-electron chi connectivity index (χ0n) is 27.6. The average Bonchev–Trinajstić information content (AvgIpc) is 3.74. The molecular weight excluding hydrogens is 624 g/mol. The SMILES string of the molecule is CCN(C)/C(C)=C1\C(=O)Nc2ccc(S(=O)(=O)N(CC(C)C)C[C@@H](O)[C@H](Cc3ccccc3)NC(=O)O[C@H]3COC4OCCC43)cc21. The molecule has 47 heavy (non-hydrogen) atoms. The first-order valence-corrected chi connectivity index (χ1v) is 17.6. The van der Waals surface area contributed by atoms with Crippen molar-refractivity contribution in [3.05, 3.63) is 65.4 Å². The number of hydrogen-bond acceptors (Lipinski definition) is 9. The zero-order chi connectivity index (χ0) is 33.9. The van der Waals surface area contributed by atoms with Crippen molar-refractivity contribution in [3.63, 3.8) is 0 Å². The van der Waals surface area contributed by atoms with Crippen LogP contribution < -0.4 is 10.6 Å². The molecule has 0 aliphatic carbocycles. The van der Waals surface area contributed by atoms with Crippen LogP contribution in [0.25, 0.3) is 5.57 Å². The second kappa shape index (κ2) is 14.7. The highest BCUT2D eigenvalue weighted by molar-refractivity contribution is 7.89. The fourth-order valence-electron chi connectivity index (χ4n) is 6.28. The summed E-state index contributed by atoms with van der Waals surface area (Å²) in [5.74, 6) is -0.409. The lowest BCUT2D eigenvalue weighted by Crippen LogP contribution is -2.51. The number of benzene rings is 2. The van der Waals surface area contributed by atoms with E-state index < -0.39 is 34.4 Å². The van der Waals surface area contributed by atoms with E-state index in [2.05, 4.69) is 10.6 Å². The number of anilines is 1. The van der Waals surface area contributed by atoms with Gasteiger partial charge in [-0.15, -0.1) is 0 Å². The summed E-state index contributed by atoms with van der Waals surface area (Å²) in [7, 11) is -2.27. The molecule has 2 aromatic carbocycles. The maximum atomic E-state index is 14.2. The number of aliphatic hydroxyl groups is 1. The van der Waals surface area contributed by atoms with E-state index in [4.69, 9.17) is 14.2 Å². The van der Waals surface area contributed by atoms with Gasteiger partial charge in [-0.1, -0.05) is 44.2 Å². The summed E-state index contributed by atoms with van der Waals surface area (Å²) in [5, 5.41) is 17.3. The van der Waals surface area contributed by atoms with Gasteiger partial charge < -0.3 is 34.9 Å². The Bertz CT molecular complexity index is 1580. The van der Waals surface area contributed by atoms with Gasteiger partial charge in [0.15, 0.2) is 6.29 Å². The molecule has 2 saturated heterocycles. The lowest BCUT2D eigenvalue weighted by Gasteiger charge is -2.31. The van der Waals surface area contributed by atoms with Crippen molar-refractivity contribution in [2.24, 2.45) is 11.8 Å². The largest absolute Gasteiger partial charge is 0.443 e. The van der Waals surface area contributed by atoms with Crippen LogP contribution in [0.4, 0.5) is 10.5 Å². The van der Waals surface area contributed by atoms with Crippen molar-refractivity contribution in [3.8, 4) is 0 Å². The van der Waals surface area contributed by atoms with Gasteiger partial charge in [-0.25, -0.2) is 13.2 Å². The second-order valence-corrected chi connectivity index (χ2v) is 14.8. The summed E-state index contributed by atoms with van der Waals surface area (Å²) < 4.78 is 46.6. The van der Waals surface area contributed by atoms with Crippen LogP contribution in [0.1, 0.15) is 45.2 Å². The van der Waals surface area contributed by atoms with E-state index in [-0.39, 0.29) is 55.0 Å². The third kappa shape index (κ3) is 7.81. The maximum absolute atomic E-state index is 14.2. The number of nitrogens with one attached hydrogen (secondary N) is 2. The number of alkyl carbamates (subject to hydrolysis) is 1. The molecule has 0 bridgehead atoms. The van der Waals surface area contributed by atoms with E-state index >= 15 is 0 Å². The highest BCUT2D eigenvalue weighted by Gasteiger charge is 2.44. The minimum Gasteiger partial charge on any atom is -0.443 e. The molecule has 0 aromatic heterocycles. The van der Waals surface area contributed by atoms with E-state index in [0.29, 0.717) is 30.0 Å². The third-order valence-corrected chi connectivity index (χ3v) is 10.9. The fraction of sp³-hybridized carbons (Fsp3) is 0.529. The first-order chi connectivity index (χ1) is 22.4. The Balaban J connectivity index is 1.39. The normalized spacial score (nSPS) is 22.9. The Morgan fingerprint density at radius 2 is 1.89 bits per heavy atom. The van der Waals surface area contributed by atoms with Crippen molar-refractivity contribution < 1.29 is 37.3 Å². The Morgan fingerprint density at radius 1 is 1.15 bits per heavy atom. The number of aliphatic hydroxyl groups excluding tert-OH is 1. The lowest BCUT2D eigenvalue weighted by atomic mass is 10.0. The van der Waals surface area contributed by atoms with Crippen LogP contribution in [0.3, 0.4) is 0 Å². The molecule has 2 fully saturated rings. The predicted molar refractivity (Wildman–Crippen MR) is 177 cm³/mol. The Labute approximate surface area is 277 Å². The number of ether oxygens (including phenoxy) is 3. The Hall–Kier alpha value is -3.49. The molecule has 5 rings (SSSR count). The van der Waals surface area contributed by atoms with Crippen LogP contribution in [-0.4, -0.2) is 99.2 Å². The minimum atomic E-state index is -4.14. The predicted octanol–water partition coefficient (Wildman–Crippen LogP) is 3.43. The quantitative estimate of drug-likeness (QED) is 0.273. The highest BCUT2D eigenvalue weighted by atomic mass is 32.2. The summed E-state index contributed by atoms with van der Waals surface area (Å²) in [5.41, 5.74) is 3.06. The number of amides is 2. The number of fused-ring (bicyclic) bond motifs is 2. The molecule has 0 spiro atoms. The molecule has 5 atom stereocenters. The van der Waals surface area contributed by atoms with Gasteiger partial charge in [0.2, 0.25) is 10.0 Å². The number of allylic oxidation sites excluding steroid dienone is 1. The molecular formula is C34H46N4O8S. The van der Waals surface area contributed by atoms with Crippen molar-refractivity contribution in [1.29, 1.82) is 0 Å². The molecule has 3 heterocycles. The van der Waals surface area contributed by atoms with Gasteiger partial charge in [-0.2, -0.15) is 4.31 Å². The van der Waals surface area contributed by atoms with Gasteiger partial charge in [0.1, 0.15) is 6.10 Å². The number of rotatable bonds is 13. The molecule has 13 heteroatoms. The number of sulfonamides is 1. The average molecular weight is 671 g/mol. The summed E-state index contributed by atoms with van der Waals surface area (Å²) in [4.78, 5) is 28.0. The fourth-order valence-corrected chi connectivity index (χ4v) is 7.93. The molecule has 3 aliphatic heterocycles. The van der Waals surface area contributed by atoms with E-state index in [1.165, 1.54) is 16.4 Å². The van der Waals surface area contributed by atoms with Gasteiger partial charge in [-0.3, -0.25) is 4.79 Å². The molecule has 3 N–H and O–H groups in total. The molecule has 2 unspecified atom stereocenters. The number of carbonyl (C=O) groups is 2. The number of hydrogen-bond donors (Lipinski definition) is 3. The van der Waals surface area contributed by atoms with Crippen LogP contribution in [0, 0.1) is 11.8 Å². The van der Waals surface area contributed by atoms with Crippen LogP contribution in [0.5, 0.6) is 0 Å². The first-order valence-electron chi connectivity index (χ1n) is 16.2. The molecule has 3 aliphatic rings. The summed E-state index contributed by atoms with van der Waals surface area (Å²) in [6.07, 6.45) is -1.90. The molecule has 0 saturated carbocycles. The van der Waals surface area contributed by atoms with Crippen molar-refractivity contribution >= 4 is 33.3 Å². The Morgan fingerprint density at radius 3 is 2.60 bits per heavy atom. The van der Waals surface area contributed by atoms with E-state index in [1.54, 1.807) is 6.07 Å². The maximum Gasteiger partial charge on any atom is 0.407 e. The molecule has 0 radical (unpaired) electrons. The molecule has 256 valence electrons. The highest BCUT2D eigenvalue weighted by Crippen LogP contribution is 2.37. The third-order valence-electron chi connectivity index (χ3n) is 9.05. The molecule has 12 nitrogen and oxygen atoms in total. The molecule has 2 aromatic rings. The number of carbonyl (C=O) groups excluding carboxylic acids is 2. The van der Waals surface area contributed by atoms with Gasteiger partial charge in [0.05, 0.1) is 41.7 Å². The van der Waals surface area contributed by atoms with Crippen LogP contribution >= 0.6 is 0 Å². The minimum absolute atomic E-state index is 0.00611. The lowest BCUT2D eigenvalue weighted by molar-refractivity contribution is -0.110. The van der Waals surface area contributed by atoms with Crippen molar-refractivity contribution in [1.82, 2.24) is 14.5 Å². The monoisotopic (exact) mass is 670 g/mol. The Kier molecular flexibility index (Phi) is 10.9. The van der Waals surface area contributed by atoms with Gasteiger partial charge >= 0.3 is 6.09 Å². The van der Waals surface area contributed by atoms with Crippen molar-refractivity contribution in [2.75, 3.05) is 45.2 Å². The van der Waals surface area contributed by atoms with Gasteiger partial charge in [0.25, 0.3) is 5.91 Å².